The Morgan fingerprint density at radius 2 is 2.60 bits per heavy atom. The van der Waals surface area contributed by atoms with Crippen LogP contribution in [0.2, 0.25) is 0 Å². The van der Waals surface area contributed by atoms with Crippen LogP contribution in [0.1, 0.15) is 11.9 Å². The first-order chi connectivity index (χ1) is 9.61. The molecule has 0 aliphatic heterocycles. The van der Waals surface area contributed by atoms with Gasteiger partial charge in [-0.15, -0.1) is 17.8 Å². The van der Waals surface area contributed by atoms with Crippen LogP contribution in [0, 0.1) is 22.5 Å². The average molecular weight is 312 g/mol. The lowest BCUT2D eigenvalue weighted by Gasteiger charge is -2.13. The second-order valence-corrected chi connectivity index (χ2v) is 5.85. The van der Waals surface area contributed by atoms with E-state index in [1.54, 1.807) is 36.2 Å². The maximum absolute atomic E-state index is 10.5. The molecule has 0 amide bonds. The summed E-state index contributed by atoms with van der Waals surface area (Å²) in [5, 5.41) is 19.4. The minimum Gasteiger partial charge on any atom is -0.366 e. The Morgan fingerprint density at radius 1 is 1.80 bits per heavy atom. The minimum atomic E-state index is -0.513. The lowest BCUT2D eigenvalue weighted by Crippen LogP contribution is -2.34. The highest BCUT2D eigenvalue weighted by Crippen LogP contribution is 2.13. The molecule has 1 heterocycles. The van der Waals surface area contributed by atoms with E-state index in [0.717, 1.165) is 22.7 Å². The molecule has 0 saturated heterocycles. The predicted molar refractivity (Wildman–Crippen MR) is 82.8 cm³/mol. The molecule has 1 unspecified atom stereocenters. The van der Waals surface area contributed by atoms with E-state index in [0.29, 0.717) is 12.4 Å². The summed E-state index contributed by atoms with van der Waals surface area (Å²) in [5.41, 5.74) is 0. The molecule has 0 fully saturated rings. The number of thioether (sulfide) groups is 1. The molecule has 1 aromatic heterocycles. The van der Waals surface area contributed by atoms with Gasteiger partial charge in [-0.3, -0.25) is 10.1 Å². The molecule has 1 aromatic rings. The van der Waals surface area contributed by atoms with Crippen molar-refractivity contribution in [3.8, 4) is 12.3 Å². The molecular formula is C12H16N4O2S2. The summed E-state index contributed by atoms with van der Waals surface area (Å²) < 4.78 is 0. The Hall–Kier alpha value is -1.72. The molecule has 0 aliphatic rings. The zero-order valence-corrected chi connectivity index (χ0v) is 12.7. The van der Waals surface area contributed by atoms with Crippen molar-refractivity contribution in [1.29, 1.82) is 0 Å². The van der Waals surface area contributed by atoms with Gasteiger partial charge in [-0.2, -0.15) is 11.8 Å². The number of hydrogen-bond donors (Lipinski definition) is 2. The van der Waals surface area contributed by atoms with Crippen LogP contribution in [-0.4, -0.2) is 28.2 Å². The highest BCUT2D eigenvalue weighted by atomic mass is 32.2. The lowest BCUT2D eigenvalue weighted by atomic mass is 10.3. The third-order valence-corrected chi connectivity index (χ3v) is 4.06. The van der Waals surface area contributed by atoms with E-state index in [9.17, 15) is 10.1 Å². The monoisotopic (exact) mass is 312 g/mol. The van der Waals surface area contributed by atoms with Crippen molar-refractivity contribution in [2.45, 2.75) is 18.7 Å². The summed E-state index contributed by atoms with van der Waals surface area (Å²) in [5.74, 6) is 4.46. The standard InChI is InChI=1S/C12H16N4O2S2/c1-3-10(2)15-11(8-16(17)18)13-4-6-19-9-12-14-5-7-20-12/h1,5,7-8,10,13,15H,4,6,9H2,2H3. The van der Waals surface area contributed by atoms with Gasteiger partial charge in [0.1, 0.15) is 5.01 Å². The summed E-state index contributed by atoms with van der Waals surface area (Å²) in [7, 11) is 0. The topological polar surface area (TPSA) is 80.1 Å². The van der Waals surface area contributed by atoms with Crippen LogP contribution in [0.5, 0.6) is 0 Å². The van der Waals surface area contributed by atoms with Gasteiger partial charge in [-0.25, -0.2) is 4.98 Å². The van der Waals surface area contributed by atoms with Crippen molar-refractivity contribution in [1.82, 2.24) is 15.6 Å². The highest BCUT2D eigenvalue weighted by molar-refractivity contribution is 7.98. The molecule has 108 valence electrons. The minimum absolute atomic E-state index is 0.267. The molecule has 20 heavy (non-hydrogen) atoms. The zero-order chi connectivity index (χ0) is 14.8. The van der Waals surface area contributed by atoms with E-state index in [1.165, 1.54) is 0 Å². The molecule has 0 spiro atoms. The second-order valence-electron chi connectivity index (χ2n) is 3.77. The molecule has 1 atom stereocenters. The van der Waals surface area contributed by atoms with E-state index >= 15 is 0 Å². The molecule has 0 radical (unpaired) electrons. The number of nitrogens with zero attached hydrogens (tertiary/aromatic N) is 2. The van der Waals surface area contributed by atoms with Crippen LogP contribution in [0.15, 0.2) is 23.6 Å². The van der Waals surface area contributed by atoms with Gasteiger partial charge in [0, 0.05) is 29.6 Å². The van der Waals surface area contributed by atoms with Crippen LogP contribution in [-0.2, 0) is 5.75 Å². The number of thiazole rings is 1. The van der Waals surface area contributed by atoms with Gasteiger partial charge in [-0.1, -0.05) is 5.92 Å². The Labute approximate surface area is 126 Å². The van der Waals surface area contributed by atoms with Crippen LogP contribution >= 0.6 is 23.1 Å². The first-order valence-corrected chi connectivity index (χ1v) is 7.93. The normalized spacial score (nSPS) is 12.5. The molecule has 1 rings (SSSR count). The molecule has 0 saturated carbocycles. The first kappa shape index (κ1) is 16.3. The number of nitrogens with one attached hydrogen (secondary N) is 2. The smallest absolute Gasteiger partial charge is 0.274 e. The quantitative estimate of drug-likeness (QED) is 0.312. The number of nitro groups is 1. The van der Waals surface area contributed by atoms with Gasteiger partial charge in [0.15, 0.2) is 5.82 Å². The second kappa shape index (κ2) is 9.23. The van der Waals surface area contributed by atoms with Crippen molar-refractivity contribution in [3.63, 3.8) is 0 Å². The maximum atomic E-state index is 10.5. The number of aromatic nitrogens is 1. The molecular weight excluding hydrogens is 296 g/mol. The largest absolute Gasteiger partial charge is 0.366 e. The van der Waals surface area contributed by atoms with Crippen molar-refractivity contribution in [2.75, 3.05) is 12.3 Å². The summed E-state index contributed by atoms with van der Waals surface area (Å²) in [6, 6.07) is -0.267. The summed E-state index contributed by atoms with van der Waals surface area (Å²) >= 11 is 3.34. The van der Waals surface area contributed by atoms with E-state index in [-0.39, 0.29) is 6.04 Å². The molecule has 0 aliphatic carbocycles. The van der Waals surface area contributed by atoms with E-state index < -0.39 is 4.92 Å². The molecule has 8 heteroatoms. The van der Waals surface area contributed by atoms with Crippen molar-refractivity contribution < 1.29 is 4.92 Å². The fourth-order valence-corrected chi connectivity index (χ4v) is 2.82. The van der Waals surface area contributed by atoms with Crippen molar-refractivity contribution in [2.24, 2.45) is 0 Å². The Morgan fingerprint density at radius 3 is 3.20 bits per heavy atom. The van der Waals surface area contributed by atoms with Gasteiger partial charge < -0.3 is 10.6 Å². The van der Waals surface area contributed by atoms with E-state index in [1.807, 2.05) is 5.38 Å². The molecule has 0 aromatic carbocycles. The summed E-state index contributed by atoms with van der Waals surface area (Å²) in [6.07, 6.45) is 7.90. The molecule has 6 nitrogen and oxygen atoms in total. The fourth-order valence-electron chi connectivity index (χ4n) is 1.26. The van der Waals surface area contributed by atoms with Crippen LogP contribution < -0.4 is 10.6 Å². The predicted octanol–water partition coefficient (Wildman–Crippen LogP) is 1.65. The summed E-state index contributed by atoms with van der Waals surface area (Å²) in [4.78, 5) is 14.2. The van der Waals surface area contributed by atoms with Crippen LogP contribution in [0.3, 0.4) is 0 Å². The third kappa shape index (κ3) is 7.01. The molecule has 0 bridgehead atoms. The Balaban J connectivity index is 2.28. The Bertz CT molecular complexity index is 482. The van der Waals surface area contributed by atoms with E-state index in [2.05, 4.69) is 21.5 Å². The zero-order valence-electron chi connectivity index (χ0n) is 11.0. The number of terminal acetylenes is 1. The summed E-state index contributed by atoms with van der Waals surface area (Å²) in [6.45, 7) is 2.37. The first-order valence-electron chi connectivity index (χ1n) is 5.89. The van der Waals surface area contributed by atoms with Gasteiger partial charge in [0.05, 0.1) is 11.0 Å². The lowest BCUT2D eigenvalue weighted by molar-refractivity contribution is -0.404. The SMILES string of the molecule is C#CC(C)NC(=C[N+](=O)[O-])NCCSCc1nccs1. The van der Waals surface area contributed by atoms with Crippen molar-refractivity contribution in [3.05, 3.63) is 38.7 Å². The van der Waals surface area contributed by atoms with Gasteiger partial charge in [0.2, 0.25) is 0 Å². The van der Waals surface area contributed by atoms with Crippen LogP contribution in [0.4, 0.5) is 0 Å². The van der Waals surface area contributed by atoms with Gasteiger partial charge in [-0.05, 0) is 6.92 Å². The average Bonchev–Trinajstić information content (AvgIpc) is 2.90. The molecule has 2 N–H and O–H groups in total. The van der Waals surface area contributed by atoms with E-state index in [4.69, 9.17) is 6.42 Å². The maximum Gasteiger partial charge on any atom is 0.274 e. The van der Waals surface area contributed by atoms with Gasteiger partial charge in [0.25, 0.3) is 6.20 Å². The van der Waals surface area contributed by atoms with Gasteiger partial charge >= 0.3 is 0 Å². The van der Waals surface area contributed by atoms with Crippen molar-refractivity contribution >= 4 is 23.1 Å². The number of hydrogen-bond acceptors (Lipinski definition) is 7. The number of rotatable bonds is 9. The Kier molecular flexibility index (Phi) is 7.54. The highest BCUT2D eigenvalue weighted by Gasteiger charge is 2.05. The fraction of sp³-hybridized carbons (Fsp3) is 0.417. The van der Waals surface area contributed by atoms with Crippen LogP contribution in [0.25, 0.3) is 0 Å². The third-order valence-electron chi connectivity index (χ3n) is 2.13.